The Hall–Kier alpha value is -3.90. The third-order valence-corrected chi connectivity index (χ3v) is 8.91. The molecule has 1 aliphatic carbocycles. The fraction of sp³-hybridized carbons (Fsp3) is 0.458. The van der Waals surface area contributed by atoms with Gasteiger partial charge in [-0.1, -0.05) is 5.16 Å². The average Bonchev–Trinajstić information content (AvgIpc) is 3.68. The summed E-state index contributed by atoms with van der Waals surface area (Å²) in [5, 5.41) is 29.9. The van der Waals surface area contributed by atoms with Gasteiger partial charge in [-0.3, -0.25) is 19.3 Å². The topological polar surface area (TPSA) is 200 Å². The van der Waals surface area contributed by atoms with Gasteiger partial charge in [0.25, 0.3) is 11.8 Å². The van der Waals surface area contributed by atoms with E-state index in [2.05, 4.69) is 20.8 Å². The molecule has 204 valence electrons. The van der Waals surface area contributed by atoms with Crippen LogP contribution in [0.2, 0.25) is 0 Å². The van der Waals surface area contributed by atoms with Crippen molar-refractivity contribution in [3.63, 3.8) is 0 Å². The number of carbonyl (C=O) groups is 4. The Labute approximate surface area is 231 Å². The van der Waals surface area contributed by atoms with E-state index in [9.17, 15) is 29.5 Å². The number of nitriles is 1. The molecule has 5 N–H and O–H groups in total. The molecule has 1 saturated carbocycles. The number of rotatable bonds is 8. The van der Waals surface area contributed by atoms with Crippen LogP contribution in [-0.2, 0) is 24.0 Å². The molecule has 15 heteroatoms. The minimum atomic E-state index is -1.35. The number of oxime groups is 1. The van der Waals surface area contributed by atoms with Gasteiger partial charge in [0.15, 0.2) is 10.8 Å². The maximum atomic E-state index is 13.3. The van der Waals surface area contributed by atoms with Crippen LogP contribution in [0.1, 0.15) is 44.2 Å². The molecule has 3 amide bonds. The number of β-lactam (4-membered cyclic amide) rings is 1. The Kier molecular flexibility index (Phi) is 7.58. The molecule has 3 aliphatic heterocycles. The van der Waals surface area contributed by atoms with E-state index in [4.69, 9.17) is 10.6 Å². The summed E-state index contributed by atoms with van der Waals surface area (Å²) in [6.45, 7) is 0.393. The molecule has 0 aromatic carbocycles. The average molecular weight is 572 g/mol. The first kappa shape index (κ1) is 26.7. The van der Waals surface area contributed by atoms with Gasteiger partial charge in [0.1, 0.15) is 28.9 Å². The van der Waals surface area contributed by atoms with E-state index in [0.29, 0.717) is 24.1 Å². The molecule has 1 aromatic rings. The Balaban J connectivity index is 1.40. The number of thioether (sulfide) groups is 1. The highest BCUT2D eigenvalue weighted by Gasteiger charge is 2.55. The van der Waals surface area contributed by atoms with Crippen LogP contribution >= 0.6 is 23.1 Å². The minimum absolute atomic E-state index is 0.112. The first-order chi connectivity index (χ1) is 18.8. The summed E-state index contributed by atoms with van der Waals surface area (Å²) in [7, 11) is 0. The number of hydrogen-bond donors (Lipinski definition) is 4. The molecule has 5 rings (SSSR count). The number of thiazole rings is 1. The lowest BCUT2D eigenvalue weighted by Gasteiger charge is -2.49. The van der Waals surface area contributed by atoms with Gasteiger partial charge in [-0.25, -0.2) is 9.78 Å². The van der Waals surface area contributed by atoms with Crippen molar-refractivity contribution in [2.45, 2.75) is 56.0 Å². The van der Waals surface area contributed by atoms with Gasteiger partial charge in [0.2, 0.25) is 5.91 Å². The number of fused-ring (bicyclic) bond motifs is 1. The number of nitrogen functional groups attached to an aromatic ring is 1. The number of carboxylic acids is 1. The van der Waals surface area contributed by atoms with Crippen LogP contribution in [0.5, 0.6) is 0 Å². The minimum Gasteiger partial charge on any atom is -0.477 e. The molecule has 3 fully saturated rings. The monoisotopic (exact) mass is 571 g/mol. The zero-order valence-corrected chi connectivity index (χ0v) is 22.3. The first-order valence-corrected chi connectivity index (χ1v) is 14.3. The molecular weight excluding hydrogens is 546 g/mol. The molecule has 4 heterocycles. The van der Waals surface area contributed by atoms with Gasteiger partial charge in [-0.2, -0.15) is 5.26 Å². The molecule has 39 heavy (non-hydrogen) atoms. The summed E-state index contributed by atoms with van der Waals surface area (Å²) >= 11 is 2.38. The third-order valence-electron chi connectivity index (χ3n) is 6.95. The molecule has 1 aromatic heterocycles. The summed E-state index contributed by atoms with van der Waals surface area (Å²) in [4.78, 5) is 62.0. The highest BCUT2D eigenvalue weighted by atomic mass is 32.2. The van der Waals surface area contributed by atoms with Crippen LogP contribution in [0, 0.1) is 11.3 Å². The summed E-state index contributed by atoms with van der Waals surface area (Å²) < 4.78 is 0. The van der Waals surface area contributed by atoms with Gasteiger partial charge in [-0.05, 0) is 43.3 Å². The summed E-state index contributed by atoms with van der Waals surface area (Å²) in [6.07, 6.45) is 3.75. The van der Waals surface area contributed by atoms with E-state index in [-0.39, 0.29) is 52.0 Å². The van der Waals surface area contributed by atoms with E-state index in [1.165, 1.54) is 11.8 Å². The van der Waals surface area contributed by atoms with Gasteiger partial charge in [0.05, 0.1) is 12.5 Å². The predicted octanol–water partition coefficient (Wildman–Crippen LogP) is 0.857. The van der Waals surface area contributed by atoms with Crippen LogP contribution in [0.15, 0.2) is 33.0 Å². The summed E-state index contributed by atoms with van der Waals surface area (Å²) in [5.41, 5.74) is 6.51. The van der Waals surface area contributed by atoms with Crippen molar-refractivity contribution in [1.82, 2.24) is 20.5 Å². The second-order valence-corrected chi connectivity index (χ2v) is 11.3. The number of amides is 3. The number of allylic oxidation sites excluding steroid dienone is 1. The number of aromatic nitrogens is 1. The summed E-state index contributed by atoms with van der Waals surface area (Å²) in [5.74, 6) is -2.88. The number of hydrogen-bond acceptors (Lipinski definition) is 11. The Morgan fingerprint density at radius 2 is 2.13 bits per heavy atom. The van der Waals surface area contributed by atoms with Crippen molar-refractivity contribution in [3.05, 3.63) is 33.5 Å². The van der Waals surface area contributed by atoms with Crippen molar-refractivity contribution < 1.29 is 29.1 Å². The standard InChI is InChI=1S/C24H25N7O6S2/c25-7-5-12(13-6-8-27-19(13)32)14-9-38-22-17(21(34)31(22)18(14)23(35)36)29-20(33)16(15-10-39-24(26)28-15)30-37-11-3-1-2-4-11/h10-11,17,22H,1-6,8-9H2,(H2,26,28)(H,27,32)(H,29,33)(H,35,36)/t17-,22-/m1/s1. The van der Waals surface area contributed by atoms with E-state index in [1.807, 2.05) is 6.07 Å². The van der Waals surface area contributed by atoms with Gasteiger partial charge in [0, 0.05) is 23.3 Å². The molecule has 2 saturated heterocycles. The lowest BCUT2D eigenvalue weighted by Crippen LogP contribution is -2.71. The molecule has 0 spiro atoms. The highest BCUT2D eigenvalue weighted by Crippen LogP contribution is 2.43. The molecule has 4 aliphatic rings. The maximum absolute atomic E-state index is 13.3. The van der Waals surface area contributed by atoms with E-state index in [0.717, 1.165) is 41.9 Å². The fourth-order valence-corrected chi connectivity index (χ4v) is 7.00. The van der Waals surface area contributed by atoms with Crippen molar-refractivity contribution in [2.24, 2.45) is 5.16 Å². The third kappa shape index (κ3) is 5.09. The molecule has 0 bridgehead atoms. The molecule has 0 unspecified atom stereocenters. The number of anilines is 1. The second-order valence-electron chi connectivity index (χ2n) is 9.31. The first-order valence-electron chi connectivity index (χ1n) is 12.3. The van der Waals surface area contributed by atoms with Crippen molar-refractivity contribution in [3.8, 4) is 6.07 Å². The zero-order chi connectivity index (χ0) is 27.7. The Morgan fingerprint density at radius 3 is 2.74 bits per heavy atom. The van der Waals surface area contributed by atoms with Crippen molar-refractivity contribution in [1.29, 1.82) is 5.26 Å². The number of nitrogens with one attached hydrogen (secondary N) is 2. The number of nitrogens with two attached hydrogens (primary N) is 1. The Morgan fingerprint density at radius 1 is 1.36 bits per heavy atom. The van der Waals surface area contributed by atoms with E-state index >= 15 is 0 Å². The quantitative estimate of drug-likeness (QED) is 0.150. The molecule has 0 radical (unpaired) electrons. The predicted molar refractivity (Wildman–Crippen MR) is 141 cm³/mol. The smallest absolute Gasteiger partial charge is 0.352 e. The van der Waals surface area contributed by atoms with Crippen LogP contribution < -0.4 is 16.4 Å². The Bertz CT molecular complexity index is 1370. The number of nitrogens with zero attached hydrogens (tertiary/aromatic N) is 4. The SMILES string of the molecule is N#CCC(=C1CCNC1=O)C1=C(C(=O)O)N2C(=O)[C@@H](NC(=O)C(=NOC3CCCC3)c3csc(N)n3)[C@H]2SC1. The number of carbonyl (C=O) groups excluding carboxylic acids is 3. The molecular formula is C24H25N7O6S2. The number of aliphatic carboxylic acids is 1. The van der Waals surface area contributed by atoms with Gasteiger partial charge >= 0.3 is 5.97 Å². The van der Waals surface area contributed by atoms with E-state index < -0.39 is 29.2 Å². The zero-order valence-electron chi connectivity index (χ0n) is 20.6. The van der Waals surface area contributed by atoms with Crippen LogP contribution in [-0.4, -0.2) is 74.2 Å². The lowest BCUT2D eigenvalue weighted by molar-refractivity contribution is -0.150. The molecule has 13 nitrogen and oxygen atoms in total. The molecule has 2 atom stereocenters. The van der Waals surface area contributed by atoms with Gasteiger partial charge in [-0.15, -0.1) is 23.1 Å². The van der Waals surface area contributed by atoms with E-state index in [1.54, 1.807) is 5.38 Å². The second kappa shape index (κ2) is 11.1. The fourth-order valence-electron chi connectivity index (χ4n) is 5.07. The van der Waals surface area contributed by atoms with Crippen LogP contribution in [0.25, 0.3) is 0 Å². The normalized spacial score (nSPS) is 24.6. The van der Waals surface area contributed by atoms with Crippen molar-refractivity contribution in [2.75, 3.05) is 18.0 Å². The van der Waals surface area contributed by atoms with Gasteiger partial charge < -0.3 is 26.3 Å². The largest absolute Gasteiger partial charge is 0.477 e. The highest BCUT2D eigenvalue weighted by molar-refractivity contribution is 8.00. The number of carboxylic acid groups (broad SMARTS) is 1. The van der Waals surface area contributed by atoms with Crippen LogP contribution in [0.4, 0.5) is 5.13 Å². The lowest BCUT2D eigenvalue weighted by atomic mass is 9.93. The van der Waals surface area contributed by atoms with Crippen molar-refractivity contribution >= 4 is 57.6 Å². The summed E-state index contributed by atoms with van der Waals surface area (Å²) in [6, 6.07) is 0.980. The maximum Gasteiger partial charge on any atom is 0.352 e. The van der Waals surface area contributed by atoms with Crippen LogP contribution in [0.3, 0.4) is 0 Å².